The van der Waals surface area contributed by atoms with Crippen LogP contribution >= 0.6 is 11.3 Å². The fraction of sp³-hybridized carbons (Fsp3) is 0.714. The van der Waals surface area contributed by atoms with Gasteiger partial charge in [0.05, 0.1) is 0 Å². The van der Waals surface area contributed by atoms with Crippen LogP contribution in [0.25, 0.3) is 0 Å². The van der Waals surface area contributed by atoms with Gasteiger partial charge < -0.3 is 10.2 Å². The summed E-state index contributed by atoms with van der Waals surface area (Å²) in [5.41, 5.74) is 1.50. The minimum Gasteiger partial charge on any atom is -0.312 e. The standard InChI is InChI=1S/C14H26N2S/c1-5-7-15-10-14-9-13(12(3)17-14)11-16(4)8-6-2/h9,15H,5-8,10-11H2,1-4H3. The maximum atomic E-state index is 3.47. The molecule has 0 fully saturated rings. The van der Waals surface area contributed by atoms with Crippen LogP contribution in [0.3, 0.4) is 0 Å². The molecule has 0 unspecified atom stereocenters. The van der Waals surface area contributed by atoms with Gasteiger partial charge in [0, 0.05) is 22.8 Å². The van der Waals surface area contributed by atoms with Gasteiger partial charge in [-0.05, 0) is 51.5 Å². The molecule has 3 heteroatoms. The van der Waals surface area contributed by atoms with Crippen molar-refractivity contribution >= 4 is 11.3 Å². The van der Waals surface area contributed by atoms with Crippen molar-refractivity contribution in [2.75, 3.05) is 20.1 Å². The Labute approximate surface area is 110 Å². The van der Waals surface area contributed by atoms with Gasteiger partial charge in [-0.1, -0.05) is 13.8 Å². The molecule has 2 nitrogen and oxygen atoms in total. The van der Waals surface area contributed by atoms with Crippen molar-refractivity contribution in [1.29, 1.82) is 0 Å². The van der Waals surface area contributed by atoms with Gasteiger partial charge in [-0.3, -0.25) is 0 Å². The predicted molar refractivity (Wildman–Crippen MR) is 77.7 cm³/mol. The van der Waals surface area contributed by atoms with Crippen LogP contribution in [0.2, 0.25) is 0 Å². The zero-order chi connectivity index (χ0) is 12.7. The summed E-state index contributed by atoms with van der Waals surface area (Å²) in [5, 5.41) is 3.47. The summed E-state index contributed by atoms with van der Waals surface area (Å²) in [7, 11) is 2.20. The highest BCUT2D eigenvalue weighted by Crippen LogP contribution is 2.22. The number of rotatable bonds is 8. The van der Waals surface area contributed by atoms with Crippen molar-refractivity contribution in [3.8, 4) is 0 Å². The molecule has 0 aromatic carbocycles. The average Bonchev–Trinajstić information content (AvgIpc) is 2.60. The fourth-order valence-corrected chi connectivity index (χ4v) is 2.99. The predicted octanol–water partition coefficient (Wildman–Crippen LogP) is 3.40. The second-order valence-corrected chi connectivity index (χ2v) is 6.05. The highest BCUT2D eigenvalue weighted by atomic mass is 32.1. The van der Waals surface area contributed by atoms with Crippen LogP contribution in [0.5, 0.6) is 0 Å². The lowest BCUT2D eigenvalue weighted by atomic mass is 10.2. The van der Waals surface area contributed by atoms with Gasteiger partial charge in [0.2, 0.25) is 0 Å². The maximum absolute atomic E-state index is 3.47. The van der Waals surface area contributed by atoms with Gasteiger partial charge in [-0.15, -0.1) is 11.3 Å². The molecule has 0 amide bonds. The Morgan fingerprint density at radius 2 is 2.06 bits per heavy atom. The van der Waals surface area contributed by atoms with Crippen LogP contribution in [0, 0.1) is 6.92 Å². The van der Waals surface area contributed by atoms with E-state index in [9.17, 15) is 0 Å². The van der Waals surface area contributed by atoms with Crippen LogP contribution in [0.15, 0.2) is 6.07 Å². The van der Waals surface area contributed by atoms with Crippen LogP contribution in [0.1, 0.15) is 42.0 Å². The largest absolute Gasteiger partial charge is 0.312 e. The minimum atomic E-state index is 1.02. The van der Waals surface area contributed by atoms with Crippen molar-refractivity contribution in [3.63, 3.8) is 0 Å². The second-order valence-electron chi connectivity index (χ2n) is 4.71. The maximum Gasteiger partial charge on any atom is 0.0299 e. The van der Waals surface area contributed by atoms with Crippen LogP contribution in [-0.2, 0) is 13.1 Å². The van der Waals surface area contributed by atoms with Gasteiger partial charge in [0.15, 0.2) is 0 Å². The third-order valence-electron chi connectivity index (χ3n) is 2.84. The van der Waals surface area contributed by atoms with E-state index in [4.69, 9.17) is 0 Å². The van der Waals surface area contributed by atoms with E-state index in [2.05, 4.69) is 44.1 Å². The highest BCUT2D eigenvalue weighted by molar-refractivity contribution is 7.12. The van der Waals surface area contributed by atoms with Crippen molar-refractivity contribution < 1.29 is 0 Å². The first-order valence-corrected chi connectivity index (χ1v) is 7.46. The van der Waals surface area contributed by atoms with Gasteiger partial charge in [-0.25, -0.2) is 0 Å². The molecule has 0 atom stereocenters. The Kier molecular flexibility index (Phi) is 6.78. The molecule has 1 aromatic rings. The SMILES string of the molecule is CCCNCc1cc(CN(C)CCC)c(C)s1. The highest BCUT2D eigenvalue weighted by Gasteiger charge is 2.07. The number of hydrogen-bond acceptors (Lipinski definition) is 3. The van der Waals surface area contributed by atoms with Gasteiger partial charge >= 0.3 is 0 Å². The molecule has 98 valence electrons. The Balaban J connectivity index is 2.49. The Morgan fingerprint density at radius 1 is 1.29 bits per heavy atom. The molecular formula is C14H26N2S. The normalized spacial score (nSPS) is 11.4. The summed E-state index contributed by atoms with van der Waals surface area (Å²) in [4.78, 5) is 5.34. The van der Waals surface area contributed by atoms with E-state index in [1.165, 1.54) is 34.7 Å². The van der Waals surface area contributed by atoms with E-state index in [0.717, 1.165) is 19.6 Å². The molecule has 17 heavy (non-hydrogen) atoms. The summed E-state index contributed by atoms with van der Waals surface area (Å²) >= 11 is 1.94. The number of hydrogen-bond donors (Lipinski definition) is 1. The Bertz CT molecular complexity index is 320. The van der Waals surface area contributed by atoms with Gasteiger partial charge in [0.25, 0.3) is 0 Å². The summed E-state index contributed by atoms with van der Waals surface area (Å²) in [5.74, 6) is 0. The topological polar surface area (TPSA) is 15.3 Å². The average molecular weight is 254 g/mol. The van der Waals surface area contributed by atoms with Crippen LogP contribution in [-0.4, -0.2) is 25.0 Å². The molecule has 0 radical (unpaired) electrons. The fourth-order valence-electron chi connectivity index (χ4n) is 1.97. The quantitative estimate of drug-likeness (QED) is 0.715. The zero-order valence-corrected chi connectivity index (χ0v) is 12.5. The number of nitrogens with one attached hydrogen (secondary N) is 1. The first-order valence-electron chi connectivity index (χ1n) is 6.64. The van der Waals surface area contributed by atoms with E-state index in [1.54, 1.807) is 0 Å². The van der Waals surface area contributed by atoms with Crippen molar-refractivity contribution in [3.05, 3.63) is 21.4 Å². The molecule has 0 saturated carbocycles. The third-order valence-corrected chi connectivity index (χ3v) is 3.94. The second kappa shape index (κ2) is 7.85. The molecule has 0 saturated heterocycles. The summed E-state index contributed by atoms with van der Waals surface area (Å²) in [6.45, 7) is 11.1. The smallest absolute Gasteiger partial charge is 0.0299 e. The lowest BCUT2D eigenvalue weighted by Gasteiger charge is -2.14. The third kappa shape index (κ3) is 5.19. The molecule has 0 aliphatic rings. The monoisotopic (exact) mass is 254 g/mol. The first-order chi connectivity index (χ1) is 8.17. The van der Waals surface area contributed by atoms with Gasteiger partial charge in [-0.2, -0.15) is 0 Å². The lowest BCUT2D eigenvalue weighted by molar-refractivity contribution is 0.327. The molecule has 1 N–H and O–H groups in total. The van der Waals surface area contributed by atoms with Crippen molar-refractivity contribution in [2.24, 2.45) is 0 Å². The van der Waals surface area contributed by atoms with E-state index >= 15 is 0 Å². The Hall–Kier alpha value is -0.380. The minimum absolute atomic E-state index is 1.02. The number of aryl methyl sites for hydroxylation is 1. The Morgan fingerprint density at radius 3 is 2.71 bits per heavy atom. The van der Waals surface area contributed by atoms with E-state index in [0.29, 0.717) is 0 Å². The lowest BCUT2D eigenvalue weighted by Crippen LogP contribution is -2.18. The summed E-state index contributed by atoms with van der Waals surface area (Å²) < 4.78 is 0. The molecule has 0 bridgehead atoms. The molecule has 1 aromatic heterocycles. The molecular weight excluding hydrogens is 228 g/mol. The van der Waals surface area contributed by atoms with Crippen molar-refractivity contribution in [1.82, 2.24) is 10.2 Å². The summed E-state index contributed by atoms with van der Waals surface area (Å²) in [6.07, 6.45) is 2.43. The van der Waals surface area contributed by atoms with Crippen LogP contribution in [0.4, 0.5) is 0 Å². The number of thiophene rings is 1. The molecule has 1 rings (SSSR count). The molecule has 0 aliphatic heterocycles. The summed E-state index contributed by atoms with van der Waals surface area (Å²) in [6, 6.07) is 2.37. The molecule has 1 heterocycles. The number of nitrogens with zero attached hydrogens (tertiary/aromatic N) is 1. The van der Waals surface area contributed by atoms with Gasteiger partial charge in [0.1, 0.15) is 0 Å². The molecule has 0 spiro atoms. The van der Waals surface area contributed by atoms with E-state index < -0.39 is 0 Å². The van der Waals surface area contributed by atoms with Crippen LogP contribution < -0.4 is 5.32 Å². The van der Waals surface area contributed by atoms with E-state index in [-0.39, 0.29) is 0 Å². The zero-order valence-electron chi connectivity index (χ0n) is 11.7. The van der Waals surface area contributed by atoms with E-state index in [1.807, 2.05) is 11.3 Å². The molecule has 0 aliphatic carbocycles. The van der Waals surface area contributed by atoms with Crippen molar-refractivity contribution in [2.45, 2.75) is 46.7 Å². The first kappa shape index (κ1) is 14.7.